The molecule has 2 rings (SSSR count). The zero-order valence-electron chi connectivity index (χ0n) is 16.3. The topological polar surface area (TPSA) is 58.6 Å². The van der Waals surface area contributed by atoms with Gasteiger partial charge in [-0.2, -0.15) is 0 Å². The first-order chi connectivity index (χ1) is 12.7. The smallest absolute Gasteiger partial charge is 0.262 e. The van der Waals surface area contributed by atoms with Crippen molar-refractivity contribution in [3.8, 4) is 5.75 Å². The summed E-state index contributed by atoms with van der Waals surface area (Å²) in [5.74, 6) is 0.549. The number of rotatable bonds is 6. The van der Waals surface area contributed by atoms with Gasteiger partial charge in [0.05, 0.1) is 10.7 Å². The number of carbonyl (C=O) groups excluding carboxylic acids is 2. The Balaban J connectivity index is 2.03. The Morgan fingerprint density at radius 1 is 1.15 bits per heavy atom. The van der Waals surface area contributed by atoms with Crippen LogP contribution in [0.2, 0.25) is 5.02 Å². The highest BCUT2D eigenvalue weighted by Crippen LogP contribution is 2.25. The zero-order valence-corrected chi connectivity index (χ0v) is 17.1. The molecule has 0 radical (unpaired) electrons. The van der Waals surface area contributed by atoms with Gasteiger partial charge < -0.3 is 15.0 Å². The van der Waals surface area contributed by atoms with Crippen molar-refractivity contribution in [2.75, 3.05) is 26.0 Å². The van der Waals surface area contributed by atoms with E-state index in [4.69, 9.17) is 16.3 Å². The highest BCUT2D eigenvalue weighted by atomic mass is 35.5. The molecule has 0 aliphatic rings. The van der Waals surface area contributed by atoms with E-state index < -0.39 is 0 Å². The summed E-state index contributed by atoms with van der Waals surface area (Å²) < 4.78 is 5.58. The zero-order chi connectivity index (χ0) is 20.1. The molecule has 2 amide bonds. The van der Waals surface area contributed by atoms with Gasteiger partial charge in [0.1, 0.15) is 5.75 Å². The molecule has 0 atom stereocenters. The van der Waals surface area contributed by atoms with E-state index in [0.717, 1.165) is 5.56 Å². The first-order valence-electron chi connectivity index (χ1n) is 8.73. The third-order valence-electron chi connectivity index (χ3n) is 4.13. The lowest BCUT2D eigenvalue weighted by atomic mass is 9.98. The maximum absolute atomic E-state index is 12.2. The van der Waals surface area contributed by atoms with Crippen molar-refractivity contribution in [3.63, 3.8) is 0 Å². The summed E-state index contributed by atoms with van der Waals surface area (Å²) >= 11 is 6.13. The molecule has 0 heterocycles. The van der Waals surface area contributed by atoms with Crippen molar-refractivity contribution in [2.24, 2.45) is 0 Å². The monoisotopic (exact) mass is 388 g/mol. The van der Waals surface area contributed by atoms with E-state index in [1.54, 1.807) is 32.3 Å². The highest BCUT2D eigenvalue weighted by Gasteiger charge is 2.13. The Morgan fingerprint density at radius 3 is 2.44 bits per heavy atom. The average molecular weight is 389 g/mol. The molecule has 0 unspecified atom stereocenters. The Labute approximate surface area is 165 Å². The van der Waals surface area contributed by atoms with Gasteiger partial charge in [-0.05, 0) is 54.3 Å². The van der Waals surface area contributed by atoms with Gasteiger partial charge in [-0.3, -0.25) is 9.59 Å². The summed E-state index contributed by atoms with van der Waals surface area (Å²) in [5.41, 5.74) is 3.20. The Hall–Kier alpha value is -2.53. The van der Waals surface area contributed by atoms with Crippen molar-refractivity contribution in [1.82, 2.24) is 4.90 Å². The number of nitrogens with one attached hydrogen (secondary N) is 1. The largest absolute Gasteiger partial charge is 0.484 e. The summed E-state index contributed by atoms with van der Waals surface area (Å²) in [7, 11) is 3.32. The number of anilines is 1. The van der Waals surface area contributed by atoms with Gasteiger partial charge in [-0.1, -0.05) is 31.5 Å². The predicted octanol–water partition coefficient (Wildman–Crippen LogP) is 4.49. The van der Waals surface area contributed by atoms with Crippen LogP contribution in [-0.4, -0.2) is 37.4 Å². The number of amides is 2. The minimum absolute atomic E-state index is 0.150. The predicted molar refractivity (Wildman–Crippen MR) is 109 cm³/mol. The van der Waals surface area contributed by atoms with Crippen LogP contribution in [0.3, 0.4) is 0 Å². The lowest BCUT2D eigenvalue weighted by Crippen LogP contribution is -2.23. The molecule has 1 N–H and O–H groups in total. The van der Waals surface area contributed by atoms with E-state index in [1.165, 1.54) is 10.5 Å². The van der Waals surface area contributed by atoms with Gasteiger partial charge >= 0.3 is 0 Å². The molecule has 6 heteroatoms. The summed E-state index contributed by atoms with van der Waals surface area (Å²) in [5, 5.41) is 3.05. The number of hydrogen-bond acceptors (Lipinski definition) is 3. The molecule has 2 aromatic rings. The third-order valence-corrected chi connectivity index (χ3v) is 4.46. The standard InChI is InChI=1S/C21H25ClN2O3/c1-13(2)17-8-7-16(10-14(17)3)27-12-20(25)23-19-11-15(6-9-18(19)22)21(26)24(4)5/h6-11,13H,12H2,1-5H3,(H,23,25). The lowest BCUT2D eigenvalue weighted by molar-refractivity contribution is -0.118. The molecule has 5 nitrogen and oxygen atoms in total. The minimum Gasteiger partial charge on any atom is -0.484 e. The normalized spacial score (nSPS) is 10.6. The Morgan fingerprint density at radius 2 is 1.85 bits per heavy atom. The van der Waals surface area contributed by atoms with Gasteiger partial charge in [0, 0.05) is 19.7 Å². The molecular weight excluding hydrogens is 364 g/mol. The fourth-order valence-electron chi connectivity index (χ4n) is 2.73. The van der Waals surface area contributed by atoms with E-state index in [0.29, 0.717) is 27.9 Å². The second-order valence-electron chi connectivity index (χ2n) is 6.90. The molecule has 0 aliphatic heterocycles. The molecule has 144 valence electrons. The summed E-state index contributed by atoms with van der Waals surface area (Å²) in [6.45, 7) is 6.14. The lowest BCUT2D eigenvalue weighted by Gasteiger charge is -2.14. The van der Waals surface area contributed by atoms with Crippen molar-refractivity contribution >= 4 is 29.1 Å². The molecule has 2 aromatic carbocycles. The second kappa shape index (κ2) is 8.91. The van der Waals surface area contributed by atoms with Crippen LogP contribution >= 0.6 is 11.6 Å². The number of benzene rings is 2. The second-order valence-corrected chi connectivity index (χ2v) is 7.31. The molecule has 0 saturated heterocycles. The van der Waals surface area contributed by atoms with Crippen molar-refractivity contribution in [3.05, 3.63) is 58.1 Å². The molecule has 0 aromatic heterocycles. The van der Waals surface area contributed by atoms with Crippen LogP contribution in [0.1, 0.15) is 41.3 Å². The van der Waals surface area contributed by atoms with Crippen LogP contribution in [0.15, 0.2) is 36.4 Å². The van der Waals surface area contributed by atoms with Gasteiger partial charge in [0.2, 0.25) is 0 Å². The number of carbonyl (C=O) groups is 2. The molecular formula is C21H25ClN2O3. The van der Waals surface area contributed by atoms with E-state index in [1.807, 2.05) is 25.1 Å². The molecule has 0 saturated carbocycles. The fraction of sp³-hybridized carbons (Fsp3) is 0.333. The molecule has 0 aliphatic carbocycles. The van der Waals surface area contributed by atoms with Crippen molar-refractivity contribution in [1.29, 1.82) is 0 Å². The van der Waals surface area contributed by atoms with Gasteiger partial charge in [-0.15, -0.1) is 0 Å². The maximum Gasteiger partial charge on any atom is 0.262 e. The average Bonchev–Trinajstić information content (AvgIpc) is 2.60. The molecule has 0 spiro atoms. The Bertz CT molecular complexity index is 847. The van der Waals surface area contributed by atoms with E-state index >= 15 is 0 Å². The molecule has 0 bridgehead atoms. The van der Waals surface area contributed by atoms with Crippen molar-refractivity contribution < 1.29 is 14.3 Å². The van der Waals surface area contributed by atoms with Gasteiger partial charge in [0.15, 0.2) is 6.61 Å². The number of aryl methyl sites for hydroxylation is 1. The van der Waals surface area contributed by atoms with Crippen LogP contribution in [0.4, 0.5) is 5.69 Å². The summed E-state index contributed by atoms with van der Waals surface area (Å²) in [4.78, 5) is 25.7. The maximum atomic E-state index is 12.2. The third kappa shape index (κ3) is 5.47. The van der Waals surface area contributed by atoms with E-state index in [2.05, 4.69) is 19.2 Å². The first-order valence-corrected chi connectivity index (χ1v) is 9.11. The quantitative estimate of drug-likeness (QED) is 0.793. The summed E-state index contributed by atoms with van der Waals surface area (Å²) in [6, 6.07) is 10.6. The Kier molecular flexibility index (Phi) is 6.86. The number of ether oxygens (including phenoxy) is 1. The number of nitrogens with zero attached hydrogens (tertiary/aromatic N) is 1. The molecule has 0 fully saturated rings. The van der Waals surface area contributed by atoms with E-state index in [-0.39, 0.29) is 18.4 Å². The highest BCUT2D eigenvalue weighted by molar-refractivity contribution is 6.33. The van der Waals surface area contributed by atoms with Crippen LogP contribution in [-0.2, 0) is 4.79 Å². The van der Waals surface area contributed by atoms with Gasteiger partial charge in [0.25, 0.3) is 11.8 Å². The first kappa shape index (κ1) is 20.8. The fourth-order valence-corrected chi connectivity index (χ4v) is 2.90. The minimum atomic E-state index is -0.350. The number of halogens is 1. The molecule has 27 heavy (non-hydrogen) atoms. The van der Waals surface area contributed by atoms with Crippen LogP contribution in [0.5, 0.6) is 5.75 Å². The van der Waals surface area contributed by atoms with Crippen LogP contribution < -0.4 is 10.1 Å². The SMILES string of the molecule is Cc1cc(OCC(=O)Nc2cc(C(=O)N(C)C)ccc2Cl)ccc1C(C)C. The van der Waals surface area contributed by atoms with Gasteiger partial charge in [-0.25, -0.2) is 0 Å². The number of hydrogen-bond donors (Lipinski definition) is 1. The van der Waals surface area contributed by atoms with Crippen LogP contribution in [0.25, 0.3) is 0 Å². The van der Waals surface area contributed by atoms with E-state index in [9.17, 15) is 9.59 Å². The van der Waals surface area contributed by atoms with Crippen LogP contribution in [0, 0.1) is 6.92 Å². The summed E-state index contributed by atoms with van der Waals surface area (Å²) in [6.07, 6.45) is 0. The van der Waals surface area contributed by atoms with Crippen molar-refractivity contribution in [2.45, 2.75) is 26.7 Å².